The van der Waals surface area contributed by atoms with E-state index in [0.29, 0.717) is 17.2 Å². The lowest BCUT2D eigenvalue weighted by Gasteiger charge is -2.06. The molecular weight excluding hydrogens is 275 g/mol. The van der Waals surface area contributed by atoms with Crippen molar-refractivity contribution < 1.29 is 9.13 Å². The summed E-state index contributed by atoms with van der Waals surface area (Å²) in [6.07, 6.45) is 1.10. The SMILES string of the molecule is COc1ccc(F)cc1-c1csc(NCCC(C)C)n1. The van der Waals surface area contributed by atoms with Crippen LogP contribution < -0.4 is 10.1 Å². The Bertz CT molecular complexity index is 569. The molecule has 0 saturated carbocycles. The number of methoxy groups -OCH3 is 1. The maximum Gasteiger partial charge on any atom is 0.183 e. The van der Waals surface area contributed by atoms with Gasteiger partial charge in [0.15, 0.2) is 5.13 Å². The minimum absolute atomic E-state index is 0.289. The zero-order chi connectivity index (χ0) is 14.5. The van der Waals surface area contributed by atoms with Gasteiger partial charge in [0, 0.05) is 17.5 Å². The summed E-state index contributed by atoms with van der Waals surface area (Å²) >= 11 is 1.52. The van der Waals surface area contributed by atoms with E-state index in [1.165, 1.54) is 23.5 Å². The summed E-state index contributed by atoms with van der Waals surface area (Å²) in [4.78, 5) is 4.49. The van der Waals surface area contributed by atoms with Gasteiger partial charge in [0.25, 0.3) is 0 Å². The van der Waals surface area contributed by atoms with Crippen LogP contribution in [0.15, 0.2) is 23.6 Å². The van der Waals surface area contributed by atoms with Crippen LogP contribution in [0.5, 0.6) is 5.75 Å². The molecule has 0 aliphatic carbocycles. The van der Waals surface area contributed by atoms with Crippen LogP contribution in [0.1, 0.15) is 20.3 Å². The number of aromatic nitrogens is 1. The number of nitrogens with zero attached hydrogens (tertiary/aromatic N) is 1. The number of thiazole rings is 1. The van der Waals surface area contributed by atoms with E-state index in [2.05, 4.69) is 24.1 Å². The molecule has 0 radical (unpaired) electrons. The first-order valence-electron chi connectivity index (χ1n) is 6.63. The van der Waals surface area contributed by atoms with Crippen LogP contribution in [-0.2, 0) is 0 Å². The van der Waals surface area contributed by atoms with E-state index < -0.39 is 0 Å². The van der Waals surface area contributed by atoms with Crippen molar-refractivity contribution in [3.8, 4) is 17.0 Å². The van der Waals surface area contributed by atoms with E-state index in [9.17, 15) is 4.39 Å². The molecule has 0 saturated heterocycles. The van der Waals surface area contributed by atoms with Gasteiger partial charge in [0.1, 0.15) is 11.6 Å². The average Bonchev–Trinajstić information content (AvgIpc) is 2.87. The molecule has 1 aromatic heterocycles. The number of anilines is 1. The molecule has 0 atom stereocenters. The first kappa shape index (κ1) is 14.8. The van der Waals surface area contributed by atoms with Crippen LogP contribution in [0, 0.1) is 11.7 Å². The quantitative estimate of drug-likeness (QED) is 0.856. The monoisotopic (exact) mass is 294 g/mol. The first-order chi connectivity index (χ1) is 9.60. The van der Waals surface area contributed by atoms with Gasteiger partial charge < -0.3 is 10.1 Å². The Kier molecular flexibility index (Phi) is 4.95. The lowest BCUT2D eigenvalue weighted by molar-refractivity contribution is 0.415. The zero-order valence-corrected chi connectivity index (χ0v) is 12.8. The molecule has 0 fully saturated rings. The van der Waals surface area contributed by atoms with Crippen molar-refractivity contribution in [1.82, 2.24) is 4.98 Å². The molecule has 2 rings (SSSR count). The standard InChI is InChI=1S/C15H19FN2OS/c1-10(2)6-7-17-15-18-13(9-20-15)12-8-11(16)4-5-14(12)19-3/h4-5,8-10H,6-7H2,1-3H3,(H,17,18). The van der Waals surface area contributed by atoms with E-state index in [-0.39, 0.29) is 5.82 Å². The average molecular weight is 294 g/mol. The maximum atomic E-state index is 13.4. The summed E-state index contributed by atoms with van der Waals surface area (Å²) in [5, 5.41) is 6.06. The fourth-order valence-corrected chi connectivity index (χ4v) is 2.57. The normalized spacial score (nSPS) is 10.8. The molecule has 0 aliphatic heterocycles. The second-order valence-electron chi connectivity index (χ2n) is 4.99. The van der Waals surface area contributed by atoms with Gasteiger partial charge in [-0.05, 0) is 30.5 Å². The topological polar surface area (TPSA) is 34.1 Å². The van der Waals surface area contributed by atoms with Gasteiger partial charge in [-0.1, -0.05) is 13.8 Å². The van der Waals surface area contributed by atoms with Gasteiger partial charge in [-0.15, -0.1) is 11.3 Å². The highest BCUT2D eigenvalue weighted by Gasteiger charge is 2.11. The van der Waals surface area contributed by atoms with Crippen LogP contribution in [0.25, 0.3) is 11.3 Å². The molecule has 0 spiro atoms. The number of halogens is 1. The Morgan fingerprint density at radius 2 is 2.20 bits per heavy atom. The number of rotatable bonds is 6. The van der Waals surface area contributed by atoms with Crippen molar-refractivity contribution in [1.29, 1.82) is 0 Å². The first-order valence-corrected chi connectivity index (χ1v) is 7.51. The molecule has 20 heavy (non-hydrogen) atoms. The molecule has 1 heterocycles. The maximum absolute atomic E-state index is 13.4. The summed E-state index contributed by atoms with van der Waals surface area (Å²) in [6.45, 7) is 5.27. The van der Waals surface area contributed by atoms with Crippen LogP contribution in [0.4, 0.5) is 9.52 Å². The van der Waals surface area contributed by atoms with E-state index in [4.69, 9.17) is 4.74 Å². The molecule has 1 aromatic carbocycles. The molecule has 0 amide bonds. The van der Waals surface area contributed by atoms with E-state index in [1.54, 1.807) is 13.2 Å². The Labute approximate surface area is 122 Å². The van der Waals surface area contributed by atoms with Gasteiger partial charge in [0.05, 0.1) is 12.8 Å². The van der Waals surface area contributed by atoms with Crippen molar-refractivity contribution in [3.63, 3.8) is 0 Å². The van der Waals surface area contributed by atoms with Crippen molar-refractivity contribution in [2.24, 2.45) is 5.92 Å². The van der Waals surface area contributed by atoms with Crippen molar-refractivity contribution >= 4 is 16.5 Å². The molecule has 2 aromatic rings. The fourth-order valence-electron chi connectivity index (χ4n) is 1.83. The highest BCUT2D eigenvalue weighted by atomic mass is 32.1. The van der Waals surface area contributed by atoms with E-state index in [0.717, 1.165) is 23.8 Å². The number of nitrogens with one attached hydrogen (secondary N) is 1. The Morgan fingerprint density at radius 3 is 2.90 bits per heavy atom. The van der Waals surface area contributed by atoms with E-state index >= 15 is 0 Å². The number of ether oxygens (including phenoxy) is 1. The third kappa shape index (κ3) is 3.70. The van der Waals surface area contributed by atoms with Gasteiger partial charge in [-0.3, -0.25) is 0 Å². The van der Waals surface area contributed by atoms with Gasteiger partial charge in [-0.2, -0.15) is 0 Å². The number of benzene rings is 1. The Balaban J connectivity index is 2.14. The minimum Gasteiger partial charge on any atom is -0.496 e. The fraction of sp³-hybridized carbons (Fsp3) is 0.400. The molecule has 3 nitrogen and oxygen atoms in total. The van der Waals surface area contributed by atoms with Crippen molar-refractivity contribution in [2.45, 2.75) is 20.3 Å². The smallest absolute Gasteiger partial charge is 0.183 e. The van der Waals surface area contributed by atoms with Gasteiger partial charge in [0.2, 0.25) is 0 Å². The van der Waals surface area contributed by atoms with Crippen LogP contribution >= 0.6 is 11.3 Å². The Hall–Kier alpha value is -1.62. The molecule has 0 bridgehead atoms. The summed E-state index contributed by atoms with van der Waals surface area (Å²) in [5.74, 6) is 0.999. The third-order valence-electron chi connectivity index (χ3n) is 2.94. The lowest BCUT2D eigenvalue weighted by atomic mass is 10.1. The highest BCUT2D eigenvalue weighted by Crippen LogP contribution is 2.32. The van der Waals surface area contributed by atoms with Crippen LogP contribution in [0.2, 0.25) is 0 Å². The third-order valence-corrected chi connectivity index (χ3v) is 3.74. The summed E-state index contributed by atoms with van der Waals surface area (Å²) in [7, 11) is 1.57. The summed E-state index contributed by atoms with van der Waals surface area (Å²) < 4.78 is 18.6. The van der Waals surface area contributed by atoms with Crippen molar-refractivity contribution in [3.05, 3.63) is 29.4 Å². The summed E-state index contributed by atoms with van der Waals surface area (Å²) in [6, 6.07) is 4.46. The zero-order valence-electron chi connectivity index (χ0n) is 11.9. The molecule has 108 valence electrons. The minimum atomic E-state index is -0.289. The molecule has 0 unspecified atom stereocenters. The number of hydrogen-bond acceptors (Lipinski definition) is 4. The van der Waals surface area contributed by atoms with Crippen LogP contribution in [0.3, 0.4) is 0 Å². The molecule has 0 aliphatic rings. The Morgan fingerprint density at radius 1 is 1.40 bits per heavy atom. The van der Waals surface area contributed by atoms with E-state index in [1.807, 2.05) is 5.38 Å². The van der Waals surface area contributed by atoms with Crippen molar-refractivity contribution in [2.75, 3.05) is 19.0 Å². The second kappa shape index (κ2) is 6.70. The number of hydrogen-bond donors (Lipinski definition) is 1. The lowest BCUT2D eigenvalue weighted by Crippen LogP contribution is -2.04. The predicted molar refractivity (Wildman–Crippen MR) is 82.0 cm³/mol. The molecule has 1 N–H and O–H groups in total. The highest BCUT2D eigenvalue weighted by molar-refractivity contribution is 7.14. The largest absolute Gasteiger partial charge is 0.496 e. The molecular formula is C15H19FN2OS. The molecule has 5 heteroatoms. The predicted octanol–water partition coefficient (Wildman–Crippen LogP) is 4.42. The summed E-state index contributed by atoms with van der Waals surface area (Å²) in [5.41, 5.74) is 1.42. The van der Waals surface area contributed by atoms with Crippen LogP contribution in [-0.4, -0.2) is 18.6 Å². The second-order valence-corrected chi connectivity index (χ2v) is 5.85. The van der Waals surface area contributed by atoms with Gasteiger partial charge in [-0.25, -0.2) is 9.37 Å². The van der Waals surface area contributed by atoms with Gasteiger partial charge >= 0.3 is 0 Å².